The van der Waals surface area contributed by atoms with Gasteiger partial charge in [0.05, 0.1) is 0 Å². The Labute approximate surface area is 129 Å². The first kappa shape index (κ1) is 16.3. The minimum Gasteiger partial charge on any atom is -0.475 e. The first-order valence-electron chi connectivity index (χ1n) is 6.57. The van der Waals surface area contributed by atoms with Gasteiger partial charge >= 0.3 is 5.97 Å². The lowest BCUT2D eigenvalue weighted by Crippen LogP contribution is -2.26. The Morgan fingerprint density at radius 3 is 2.32 bits per heavy atom. The number of rotatable bonds is 5. The lowest BCUT2D eigenvalue weighted by molar-refractivity contribution is 0.0661. The van der Waals surface area contributed by atoms with E-state index in [1.807, 2.05) is 31.2 Å². The van der Waals surface area contributed by atoms with Gasteiger partial charge in [0.15, 0.2) is 0 Å². The number of sulfonamides is 1. The summed E-state index contributed by atoms with van der Waals surface area (Å²) in [6, 6.07) is 8.56. The van der Waals surface area contributed by atoms with Gasteiger partial charge in [0.2, 0.25) is 15.8 Å². The fraction of sp³-hybridized carbons (Fsp3) is 0.267. The van der Waals surface area contributed by atoms with Gasteiger partial charge in [-0.2, -0.15) is 4.31 Å². The number of hydrogen-bond acceptors (Lipinski definition) is 4. The molecule has 0 unspecified atom stereocenters. The normalized spacial score (nSPS) is 11.8. The highest BCUT2D eigenvalue weighted by atomic mass is 32.2. The first-order valence-corrected chi connectivity index (χ1v) is 8.01. The Morgan fingerprint density at radius 1 is 1.23 bits per heavy atom. The fourth-order valence-corrected chi connectivity index (χ4v) is 3.35. The Balaban J connectivity index is 2.29. The molecule has 1 aromatic heterocycles. The maximum Gasteiger partial charge on any atom is 0.371 e. The molecule has 0 bridgehead atoms. The molecule has 0 amide bonds. The molecule has 1 aromatic carbocycles. The molecule has 0 aliphatic carbocycles. The number of carboxylic acids is 1. The summed E-state index contributed by atoms with van der Waals surface area (Å²) >= 11 is 0. The fourth-order valence-electron chi connectivity index (χ4n) is 2.03. The van der Waals surface area contributed by atoms with Gasteiger partial charge in [-0.1, -0.05) is 29.8 Å². The molecule has 0 fully saturated rings. The molecular weight excluding hydrogens is 306 g/mol. The van der Waals surface area contributed by atoms with E-state index in [4.69, 9.17) is 9.52 Å². The molecule has 1 N–H and O–H groups in total. The van der Waals surface area contributed by atoms with Crippen molar-refractivity contribution in [3.05, 3.63) is 53.0 Å². The van der Waals surface area contributed by atoms with Gasteiger partial charge < -0.3 is 9.52 Å². The lowest BCUT2D eigenvalue weighted by atomic mass is 10.1. The highest BCUT2D eigenvalue weighted by Gasteiger charge is 2.27. The molecule has 0 atom stereocenters. The Hall–Kier alpha value is -2.12. The van der Waals surface area contributed by atoms with E-state index in [1.165, 1.54) is 18.3 Å². The molecule has 0 aliphatic heterocycles. The predicted octanol–water partition coefficient (Wildman–Crippen LogP) is 2.42. The zero-order chi connectivity index (χ0) is 16.5. The van der Waals surface area contributed by atoms with Gasteiger partial charge in [-0.3, -0.25) is 0 Å². The largest absolute Gasteiger partial charge is 0.475 e. The van der Waals surface area contributed by atoms with Crippen LogP contribution in [0.25, 0.3) is 0 Å². The number of aromatic carboxylic acids is 1. The number of carbonyl (C=O) groups is 1. The molecule has 7 heteroatoms. The third-order valence-corrected chi connectivity index (χ3v) is 5.21. The second-order valence-corrected chi connectivity index (χ2v) is 7.10. The molecule has 1 heterocycles. The molecule has 2 aromatic rings. The molecule has 0 spiro atoms. The van der Waals surface area contributed by atoms with Crippen molar-refractivity contribution in [3.63, 3.8) is 0 Å². The SMILES string of the molecule is Cc1ccc(CN(C)S(=O)(=O)c2cc(C(=O)O)oc2C)cc1. The summed E-state index contributed by atoms with van der Waals surface area (Å²) in [5, 5.41) is 8.89. The van der Waals surface area contributed by atoms with Gasteiger partial charge in [0.1, 0.15) is 10.7 Å². The minimum absolute atomic E-state index is 0.0631. The molecule has 0 saturated carbocycles. The smallest absolute Gasteiger partial charge is 0.371 e. The summed E-state index contributed by atoms with van der Waals surface area (Å²) < 4.78 is 31.2. The van der Waals surface area contributed by atoms with Crippen molar-refractivity contribution in [1.29, 1.82) is 0 Å². The van der Waals surface area contributed by atoms with Gasteiger partial charge in [-0.25, -0.2) is 13.2 Å². The summed E-state index contributed by atoms with van der Waals surface area (Å²) in [5.74, 6) is -1.63. The summed E-state index contributed by atoms with van der Waals surface area (Å²) in [5.41, 5.74) is 1.93. The van der Waals surface area contributed by atoms with E-state index in [1.54, 1.807) is 0 Å². The first-order chi connectivity index (χ1) is 10.2. The van der Waals surface area contributed by atoms with Crippen molar-refractivity contribution in [3.8, 4) is 0 Å². The van der Waals surface area contributed by atoms with Crippen LogP contribution in [0.2, 0.25) is 0 Å². The molecule has 0 aliphatic rings. The van der Waals surface area contributed by atoms with Crippen LogP contribution >= 0.6 is 0 Å². The van der Waals surface area contributed by atoms with E-state index >= 15 is 0 Å². The standard InChI is InChI=1S/C15H17NO5S/c1-10-4-6-12(7-5-10)9-16(3)22(19,20)14-8-13(15(17)18)21-11(14)2/h4-8H,9H2,1-3H3,(H,17,18). The molecule has 2 rings (SSSR count). The van der Waals surface area contributed by atoms with Crippen LogP contribution in [0.3, 0.4) is 0 Å². The van der Waals surface area contributed by atoms with Gasteiger partial charge in [-0.15, -0.1) is 0 Å². The highest BCUT2D eigenvalue weighted by Crippen LogP contribution is 2.24. The van der Waals surface area contributed by atoms with E-state index < -0.39 is 16.0 Å². The molecule has 0 saturated heterocycles. The van der Waals surface area contributed by atoms with Crippen molar-refractivity contribution in [2.45, 2.75) is 25.3 Å². The summed E-state index contributed by atoms with van der Waals surface area (Å²) in [4.78, 5) is 10.8. The van der Waals surface area contributed by atoms with E-state index in [-0.39, 0.29) is 23.0 Å². The third kappa shape index (κ3) is 3.20. The van der Waals surface area contributed by atoms with Crippen molar-refractivity contribution in [2.75, 3.05) is 7.05 Å². The van der Waals surface area contributed by atoms with Crippen LogP contribution in [-0.4, -0.2) is 30.8 Å². The molecular formula is C15H17NO5S. The number of nitrogens with zero attached hydrogens (tertiary/aromatic N) is 1. The average Bonchev–Trinajstić information content (AvgIpc) is 2.84. The number of aryl methyl sites for hydroxylation is 2. The number of benzene rings is 1. The van der Waals surface area contributed by atoms with Crippen LogP contribution in [0.4, 0.5) is 0 Å². The topological polar surface area (TPSA) is 87.8 Å². The van der Waals surface area contributed by atoms with E-state index in [2.05, 4.69) is 0 Å². The monoisotopic (exact) mass is 323 g/mol. The van der Waals surface area contributed by atoms with Crippen LogP contribution in [0.1, 0.15) is 27.4 Å². The predicted molar refractivity (Wildman–Crippen MR) is 80.2 cm³/mol. The lowest BCUT2D eigenvalue weighted by Gasteiger charge is -2.16. The molecule has 22 heavy (non-hydrogen) atoms. The van der Waals surface area contributed by atoms with Crippen LogP contribution in [0.15, 0.2) is 39.6 Å². The summed E-state index contributed by atoms with van der Waals surface area (Å²) in [7, 11) is -2.37. The number of furan rings is 1. The Morgan fingerprint density at radius 2 is 1.82 bits per heavy atom. The van der Waals surface area contributed by atoms with Crippen molar-refractivity contribution in [2.24, 2.45) is 0 Å². The second kappa shape index (κ2) is 5.94. The highest BCUT2D eigenvalue weighted by molar-refractivity contribution is 7.89. The zero-order valence-corrected chi connectivity index (χ0v) is 13.3. The van der Waals surface area contributed by atoms with Crippen LogP contribution in [0.5, 0.6) is 0 Å². The van der Waals surface area contributed by atoms with Crippen LogP contribution in [0, 0.1) is 13.8 Å². The van der Waals surface area contributed by atoms with Gasteiger partial charge in [0, 0.05) is 19.7 Å². The molecule has 6 nitrogen and oxygen atoms in total. The summed E-state index contributed by atoms with van der Waals surface area (Å²) in [6.07, 6.45) is 0. The number of carboxylic acid groups (broad SMARTS) is 1. The third-order valence-electron chi connectivity index (χ3n) is 3.30. The van der Waals surface area contributed by atoms with E-state index in [0.717, 1.165) is 17.2 Å². The zero-order valence-electron chi connectivity index (χ0n) is 12.5. The maximum atomic E-state index is 12.5. The minimum atomic E-state index is -3.81. The van der Waals surface area contributed by atoms with Crippen LogP contribution in [-0.2, 0) is 16.6 Å². The maximum absolute atomic E-state index is 12.5. The van der Waals surface area contributed by atoms with Gasteiger partial charge in [-0.05, 0) is 19.4 Å². The number of hydrogen-bond donors (Lipinski definition) is 1. The Bertz CT molecular complexity index is 790. The molecule has 0 radical (unpaired) electrons. The van der Waals surface area contributed by atoms with E-state index in [9.17, 15) is 13.2 Å². The molecule has 118 valence electrons. The van der Waals surface area contributed by atoms with Gasteiger partial charge in [0.25, 0.3) is 0 Å². The van der Waals surface area contributed by atoms with Crippen LogP contribution < -0.4 is 0 Å². The Kier molecular flexibility index (Phi) is 4.39. The average molecular weight is 323 g/mol. The van der Waals surface area contributed by atoms with Crippen molar-refractivity contribution < 1.29 is 22.7 Å². The summed E-state index contributed by atoms with van der Waals surface area (Å²) in [6.45, 7) is 3.57. The van der Waals surface area contributed by atoms with E-state index in [0.29, 0.717) is 0 Å². The quantitative estimate of drug-likeness (QED) is 0.913. The van der Waals surface area contributed by atoms with Crippen molar-refractivity contribution in [1.82, 2.24) is 4.31 Å². The second-order valence-electron chi connectivity index (χ2n) is 5.08. The van der Waals surface area contributed by atoms with Crippen molar-refractivity contribution >= 4 is 16.0 Å².